The third kappa shape index (κ3) is 4.56. The second-order valence-corrected chi connectivity index (χ2v) is 11.5. The molecule has 13 heteroatoms. The monoisotopic (exact) mass is 483 g/mol. The second kappa shape index (κ2) is 8.41. The largest absolute Gasteiger partial charge is 0.337 e. The zero-order valence-electron chi connectivity index (χ0n) is 16.6. The first-order valence-corrected chi connectivity index (χ1v) is 13.3. The Bertz CT molecular complexity index is 1250. The lowest BCUT2D eigenvalue weighted by Gasteiger charge is -2.36. The molecule has 1 aromatic carbocycles. The summed E-state index contributed by atoms with van der Waals surface area (Å²) in [5, 5.41) is 11.0. The maximum Gasteiger partial charge on any atom is 0.244 e. The minimum Gasteiger partial charge on any atom is -0.337 e. The van der Waals surface area contributed by atoms with E-state index in [-0.39, 0.29) is 28.9 Å². The first-order valence-electron chi connectivity index (χ1n) is 9.41. The topological polar surface area (TPSA) is 140 Å². The molecule has 0 amide bonds. The number of hydrogen-bond donors (Lipinski definition) is 1. The molecule has 31 heavy (non-hydrogen) atoms. The highest BCUT2D eigenvalue weighted by molar-refractivity contribution is 7.89. The Balaban J connectivity index is 1.42. The lowest BCUT2D eigenvalue weighted by atomic mass is 10.2. The van der Waals surface area contributed by atoms with Crippen molar-refractivity contribution >= 4 is 31.4 Å². The van der Waals surface area contributed by atoms with E-state index in [9.17, 15) is 16.8 Å². The van der Waals surface area contributed by atoms with Crippen LogP contribution in [-0.2, 0) is 20.0 Å². The van der Waals surface area contributed by atoms with Crippen molar-refractivity contribution in [3.05, 3.63) is 47.7 Å². The molecule has 1 aliphatic rings. The van der Waals surface area contributed by atoms with E-state index in [0.717, 1.165) is 4.88 Å². The Hall–Kier alpha value is -2.16. The second-order valence-electron chi connectivity index (χ2n) is 7.07. The molecule has 0 bridgehead atoms. The molecule has 1 saturated heterocycles. The van der Waals surface area contributed by atoms with Crippen molar-refractivity contribution in [3.63, 3.8) is 0 Å². The number of rotatable bonds is 6. The lowest BCUT2D eigenvalue weighted by Crippen LogP contribution is -2.49. The van der Waals surface area contributed by atoms with Crippen LogP contribution in [0.3, 0.4) is 0 Å². The number of piperazine rings is 1. The molecule has 0 aliphatic carbocycles. The first-order chi connectivity index (χ1) is 14.7. The fourth-order valence-corrected chi connectivity index (χ4v) is 5.94. The van der Waals surface area contributed by atoms with Crippen molar-refractivity contribution in [1.82, 2.24) is 19.3 Å². The van der Waals surface area contributed by atoms with Crippen LogP contribution in [0.2, 0.25) is 0 Å². The van der Waals surface area contributed by atoms with Gasteiger partial charge in [-0.3, -0.25) is 4.90 Å². The van der Waals surface area contributed by atoms with Gasteiger partial charge in [0.2, 0.25) is 31.8 Å². The standard InChI is InChI=1S/C18H21N5O5S3/c1-13(18-20-17(21-28-18)16-3-2-12-29-16)22-8-10-23(11-9-22)31(26,27)15-6-4-14(5-7-15)30(19,24)25/h2-7,12-13H,8-11H2,1H3,(H2,19,24,25). The van der Waals surface area contributed by atoms with Crippen LogP contribution in [0.1, 0.15) is 18.9 Å². The van der Waals surface area contributed by atoms with Crippen molar-refractivity contribution in [1.29, 1.82) is 0 Å². The van der Waals surface area contributed by atoms with E-state index < -0.39 is 20.0 Å². The van der Waals surface area contributed by atoms with Gasteiger partial charge in [0.25, 0.3) is 0 Å². The highest BCUT2D eigenvalue weighted by Crippen LogP contribution is 2.27. The summed E-state index contributed by atoms with van der Waals surface area (Å²) in [6, 6.07) is 8.59. The molecule has 0 spiro atoms. The molecular weight excluding hydrogens is 462 g/mol. The summed E-state index contributed by atoms with van der Waals surface area (Å²) in [7, 11) is -7.62. The van der Waals surface area contributed by atoms with E-state index in [0.29, 0.717) is 24.8 Å². The van der Waals surface area contributed by atoms with E-state index in [1.54, 1.807) is 0 Å². The van der Waals surface area contributed by atoms with Gasteiger partial charge in [-0.2, -0.15) is 9.29 Å². The maximum atomic E-state index is 12.9. The number of primary sulfonamides is 1. The molecule has 10 nitrogen and oxygen atoms in total. The number of sulfonamides is 2. The van der Waals surface area contributed by atoms with E-state index in [4.69, 9.17) is 9.66 Å². The third-order valence-electron chi connectivity index (χ3n) is 5.15. The van der Waals surface area contributed by atoms with Crippen molar-refractivity contribution in [2.45, 2.75) is 22.8 Å². The number of benzene rings is 1. The molecule has 4 rings (SSSR count). The molecule has 1 fully saturated rings. The summed E-state index contributed by atoms with van der Waals surface area (Å²) >= 11 is 1.53. The van der Waals surface area contributed by atoms with Crippen molar-refractivity contribution in [2.75, 3.05) is 26.2 Å². The number of thiophene rings is 1. The van der Waals surface area contributed by atoms with Crippen LogP contribution < -0.4 is 5.14 Å². The van der Waals surface area contributed by atoms with Gasteiger partial charge in [-0.15, -0.1) is 11.3 Å². The van der Waals surface area contributed by atoms with Gasteiger partial charge in [-0.05, 0) is 42.6 Å². The number of hydrogen-bond acceptors (Lipinski definition) is 9. The average molecular weight is 484 g/mol. The minimum atomic E-state index is -3.88. The van der Waals surface area contributed by atoms with Crippen LogP contribution in [0.15, 0.2) is 56.1 Å². The molecule has 3 heterocycles. The predicted molar refractivity (Wildman–Crippen MR) is 114 cm³/mol. The highest BCUT2D eigenvalue weighted by Gasteiger charge is 2.32. The molecule has 2 N–H and O–H groups in total. The molecule has 3 aromatic rings. The summed E-state index contributed by atoms with van der Waals surface area (Å²) in [4.78, 5) is 7.37. The number of nitrogens with two attached hydrogens (primary N) is 1. The third-order valence-corrected chi connectivity index (χ3v) is 8.86. The van der Waals surface area contributed by atoms with Gasteiger partial charge in [0.1, 0.15) is 0 Å². The van der Waals surface area contributed by atoms with E-state index in [1.807, 2.05) is 24.4 Å². The smallest absolute Gasteiger partial charge is 0.244 e. The van der Waals surface area contributed by atoms with Gasteiger partial charge in [0.15, 0.2) is 0 Å². The Kier molecular flexibility index (Phi) is 5.98. The summed E-state index contributed by atoms with van der Waals surface area (Å²) in [6.45, 7) is 3.51. The molecule has 1 atom stereocenters. The van der Waals surface area contributed by atoms with Gasteiger partial charge >= 0.3 is 0 Å². The molecule has 166 valence electrons. The van der Waals surface area contributed by atoms with E-state index >= 15 is 0 Å². The Morgan fingerprint density at radius 1 is 1.03 bits per heavy atom. The first kappa shape index (κ1) is 22.0. The molecule has 1 aliphatic heterocycles. The van der Waals surface area contributed by atoms with Crippen LogP contribution in [0.25, 0.3) is 10.7 Å². The predicted octanol–water partition coefficient (Wildman–Crippen LogP) is 1.51. The van der Waals surface area contributed by atoms with Crippen LogP contribution in [-0.4, -0.2) is 62.4 Å². The summed E-state index contributed by atoms with van der Waals surface area (Å²) in [5.41, 5.74) is 0. The number of nitrogens with zero attached hydrogens (tertiary/aromatic N) is 4. The van der Waals surface area contributed by atoms with Crippen LogP contribution >= 0.6 is 11.3 Å². The van der Waals surface area contributed by atoms with Gasteiger partial charge in [0.05, 0.1) is 20.7 Å². The Morgan fingerprint density at radius 3 is 2.26 bits per heavy atom. The SMILES string of the molecule is CC(c1nc(-c2cccs2)no1)N1CCN(S(=O)(=O)c2ccc(S(N)(=O)=O)cc2)CC1. The fraction of sp³-hybridized carbons (Fsp3) is 0.333. The van der Waals surface area contributed by atoms with E-state index in [2.05, 4.69) is 15.0 Å². The Morgan fingerprint density at radius 2 is 1.68 bits per heavy atom. The van der Waals surface area contributed by atoms with Crippen molar-refractivity contribution in [3.8, 4) is 10.7 Å². The summed E-state index contributed by atoms with van der Waals surface area (Å²) in [6.07, 6.45) is 0. The zero-order chi connectivity index (χ0) is 22.2. The van der Waals surface area contributed by atoms with Gasteiger partial charge < -0.3 is 4.52 Å². The van der Waals surface area contributed by atoms with Crippen molar-refractivity contribution < 1.29 is 21.4 Å². The molecule has 2 aromatic heterocycles. The molecule has 0 saturated carbocycles. The minimum absolute atomic E-state index is 0.0267. The quantitative estimate of drug-likeness (QED) is 0.556. The zero-order valence-corrected chi connectivity index (χ0v) is 19.0. The fourth-order valence-electron chi connectivity index (χ4n) is 3.35. The highest BCUT2D eigenvalue weighted by atomic mass is 32.2. The van der Waals surface area contributed by atoms with E-state index in [1.165, 1.54) is 39.9 Å². The number of aromatic nitrogens is 2. The normalized spacial score (nSPS) is 17.6. The average Bonchev–Trinajstić information content (AvgIpc) is 3.45. The molecular formula is C18H21N5O5S3. The molecule has 1 unspecified atom stereocenters. The van der Waals surface area contributed by atoms with Crippen molar-refractivity contribution in [2.24, 2.45) is 5.14 Å². The Labute approximate surface area is 184 Å². The maximum absolute atomic E-state index is 12.9. The van der Waals surface area contributed by atoms with Crippen LogP contribution in [0.5, 0.6) is 0 Å². The lowest BCUT2D eigenvalue weighted by molar-refractivity contribution is 0.124. The van der Waals surface area contributed by atoms with Crippen LogP contribution in [0, 0.1) is 0 Å². The summed E-state index contributed by atoms with van der Waals surface area (Å²) in [5.74, 6) is 1.03. The van der Waals surface area contributed by atoms with Gasteiger partial charge in [-0.1, -0.05) is 11.2 Å². The molecule has 0 radical (unpaired) electrons. The van der Waals surface area contributed by atoms with Gasteiger partial charge in [-0.25, -0.2) is 22.0 Å². The van der Waals surface area contributed by atoms with Crippen LogP contribution in [0.4, 0.5) is 0 Å². The van der Waals surface area contributed by atoms with Gasteiger partial charge in [0, 0.05) is 26.2 Å². The summed E-state index contributed by atoms with van der Waals surface area (Å²) < 4.78 is 55.4.